The normalized spacial score (nSPS) is 14.0. The van der Waals surface area contributed by atoms with Gasteiger partial charge in [0.1, 0.15) is 6.61 Å². The number of nitrogens with two attached hydrogens (primary N) is 1. The quantitative estimate of drug-likeness (QED) is 0.0236. The van der Waals surface area contributed by atoms with Gasteiger partial charge in [-0.1, -0.05) is 127 Å². The summed E-state index contributed by atoms with van der Waals surface area (Å²) in [5.41, 5.74) is 5.26. The van der Waals surface area contributed by atoms with E-state index in [1.807, 2.05) is 0 Å². The van der Waals surface area contributed by atoms with Crippen molar-refractivity contribution in [3.63, 3.8) is 0 Å². The van der Waals surface area contributed by atoms with E-state index < -0.39 is 51.1 Å². The van der Waals surface area contributed by atoms with Crippen molar-refractivity contribution >= 4 is 25.7 Å². The van der Waals surface area contributed by atoms with Crippen LogP contribution in [0.2, 0.25) is 0 Å². The molecule has 13 heteroatoms. The van der Waals surface area contributed by atoms with Gasteiger partial charge in [-0.05, 0) is 77.0 Å². The Morgan fingerprint density at radius 1 is 0.600 bits per heavy atom. The number of esters is 2. The fraction of sp³-hybridized carbons (Fsp3) is 0.738. The van der Waals surface area contributed by atoms with Gasteiger partial charge in [-0.25, -0.2) is 4.57 Å². The first-order valence-electron chi connectivity index (χ1n) is 20.6. The first-order valence-corrected chi connectivity index (χ1v) is 22.1. The van der Waals surface area contributed by atoms with Gasteiger partial charge in [0.05, 0.1) is 25.2 Å². The van der Waals surface area contributed by atoms with E-state index in [0.29, 0.717) is 12.8 Å². The van der Waals surface area contributed by atoms with E-state index >= 15 is 0 Å². The standard InChI is InChI=1S/C42H74NO10P.Na/c1-3-5-7-9-11-13-15-17-19-21-23-25-27-29-31-33-40(44)50-35-38(36-51-54(48,49)52-37-39(43)42(46)47)53-41(45)34-32-30-28-26-24-22-20-18-16-14-12-10-8-6-4-2;/h11-14,17-20,38-39H,3-10,15-16,21-37,43H2,1-2H3,(H,46,47)(H,48,49);/q;+1/p-1/b13-11+,14-12+,19-17+,20-18+;/t38-,39+;/m1./s1. The number of unbranched alkanes of at least 4 members (excludes halogenated alkanes) is 16. The molecule has 0 spiro atoms. The van der Waals surface area contributed by atoms with E-state index in [1.165, 1.54) is 38.5 Å². The summed E-state index contributed by atoms with van der Waals surface area (Å²) in [5.74, 6) is -2.68. The van der Waals surface area contributed by atoms with E-state index in [-0.39, 0.29) is 49.0 Å². The number of carbonyl (C=O) groups excluding carboxylic acids is 3. The molecule has 0 aromatic heterocycles. The summed E-state index contributed by atoms with van der Waals surface area (Å²) in [6.07, 6.45) is 40.2. The van der Waals surface area contributed by atoms with Crippen LogP contribution in [-0.4, -0.2) is 54.8 Å². The topological polar surface area (TPSA) is 175 Å². The second kappa shape index (κ2) is 40.6. The number of phosphoric acid groups is 1. The van der Waals surface area contributed by atoms with Gasteiger partial charge in [-0.15, -0.1) is 0 Å². The molecule has 0 aromatic carbocycles. The maximum Gasteiger partial charge on any atom is 1.00 e. The molecule has 3 atom stereocenters. The molecular weight excluding hydrogens is 732 g/mol. The molecule has 0 amide bonds. The van der Waals surface area contributed by atoms with Crippen LogP contribution in [0.1, 0.15) is 168 Å². The number of carboxylic acids is 1. The predicted molar refractivity (Wildman–Crippen MR) is 214 cm³/mol. The van der Waals surface area contributed by atoms with E-state index in [4.69, 9.17) is 19.7 Å². The van der Waals surface area contributed by atoms with Crippen LogP contribution >= 0.6 is 7.82 Å². The largest absolute Gasteiger partial charge is 1.00 e. The summed E-state index contributed by atoms with van der Waals surface area (Å²) >= 11 is 0. The molecule has 0 aliphatic carbocycles. The Morgan fingerprint density at radius 3 is 1.45 bits per heavy atom. The van der Waals surface area contributed by atoms with Crippen molar-refractivity contribution in [2.75, 3.05) is 19.8 Å². The molecule has 0 bridgehead atoms. The second-order valence-corrected chi connectivity index (χ2v) is 15.2. The molecule has 55 heavy (non-hydrogen) atoms. The number of allylic oxidation sites excluding steroid dienone is 8. The maximum absolute atomic E-state index is 12.6. The smallest absolute Gasteiger partial charge is 0.548 e. The van der Waals surface area contributed by atoms with Crippen LogP contribution in [0.5, 0.6) is 0 Å². The molecule has 0 rings (SSSR count). The Balaban J connectivity index is 0. The van der Waals surface area contributed by atoms with Crippen molar-refractivity contribution < 1.29 is 77.0 Å². The number of rotatable bonds is 38. The molecule has 0 radical (unpaired) electrons. The number of carbonyl (C=O) groups is 3. The average molecular weight is 806 g/mol. The molecule has 0 aliphatic rings. The number of aliphatic carboxylic acids is 1. The summed E-state index contributed by atoms with van der Waals surface area (Å²) in [6.45, 7) is 2.62. The fourth-order valence-corrected chi connectivity index (χ4v) is 6.02. The van der Waals surface area contributed by atoms with Crippen molar-refractivity contribution in [1.29, 1.82) is 0 Å². The molecule has 0 saturated heterocycles. The van der Waals surface area contributed by atoms with Crippen LogP contribution in [0.15, 0.2) is 48.6 Å². The van der Waals surface area contributed by atoms with E-state index in [2.05, 4.69) is 67.0 Å². The Bertz CT molecular complexity index is 1110. The van der Waals surface area contributed by atoms with Gasteiger partial charge in [0.25, 0.3) is 0 Å². The molecule has 0 heterocycles. The molecule has 0 aliphatic heterocycles. The molecule has 0 aromatic rings. The number of hydrogen-bond donors (Lipinski definition) is 2. The van der Waals surface area contributed by atoms with Crippen molar-refractivity contribution in [3.8, 4) is 0 Å². The zero-order valence-corrected chi connectivity index (χ0v) is 37.4. The van der Waals surface area contributed by atoms with E-state index in [0.717, 1.165) is 89.9 Å². The minimum Gasteiger partial charge on any atom is -0.548 e. The number of phosphoric ester groups is 1. The van der Waals surface area contributed by atoms with E-state index in [1.54, 1.807) is 0 Å². The third-order valence-electron chi connectivity index (χ3n) is 8.53. The van der Waals surface area contributed by atoms with Crippen molar-refractivity contribution in [2.24, 2.45) is 5.73 Å². The summed E-state index contributed by atoms with van der Waals surface area (Å²) in [6, 6.07) is -1.64. The van der Waals surface area contributed by atoms with Crippen LogP contribution in [-0.2, 0) is 37.5 Å². The number of ether oxygens (including phenoxy) is 2. The third-order valence-corrected chi connectivity index (χ3v) is 9.49. The Kier molecular flexibility index (Phi) is 41.0. The minimum absolute atomic E-state index is 0. The van der Waals surface area contributed by atoms with Crippen LogP contribution in [0.25, 0.3) is 0 Å². The number of hydrogen-bond acceptors (Lipinski definition) is 10. The minimum atomic E-state index is -4.75. The first kappa shape index (κ1) is 55.5. The van der Waals surface area contributed by atoms with Crippen molar-refractivity contribution in [2.45, 2.75) is 180 Å². The summed E-state index contributed by atoms with van der Waals surface area (Å²) < 4.78 is 32.5. The predicted octanol–water partition coefficient (Wildman–Crippen LogP) is 6.28. The summed E-state index contributed by atoms with van der Waals surface area (Å²) in [7, 11) is -4.75. The van der Waals surface area contributed by atoms with Gasteiger partial charge >= 0.3 is 49.3 Å². The van der Waals surface area contributed by atoms with Crippen molar-refractivity contribution in [3.05, 3.63) is 48.6 Å². The molecule has 0 fully saturated rings. The van der Waals surface area contributed by atoms with Gasteiger partial charge in [-0.3, -0.25) is 18.6 Å². The second-order valence-electron chi connectivity index (χ2n) is 13.7. The molecule has 312 valence electrons. The zero-order valence-electron chi connectivity index (χ0n) is 34.5. The third kappa shape index (κ3) is 40.4. The van der Waals surface area contributed by atoms with Gasteiger partial charge in [0.2, 0.25) is 0 Å². The van der Waals surface area contributed by atoms with E-state index in [9.17, 15) is 28.9 Å². The van der Waals surface area contributed by atoms with Crippen molar-refractivity contribution in [1.82, 2.24) is 0 Å². The molecule has 1 unspecified atom stereocenters. The monoisotopic (exact) mass is 805 g/mol. The molecule has 11 nitrogen and oxygen atoms in total. The molecule has 3 N–H and O–H groups in total. The Labute approximate surface area is 355 Å². The summed E-state index contributed by atoms with van der Waals surface area (Å²) in [5, 5.41) is 10.8. The summed E-state index contributed by atoms with van der Waals surface area (Å²) in [4.78, 5) is 45.7. The van der Waals surface area contributed by atoms with Gasteiger partial charge in [-0.2, -0.15) is 0 Å². The van der Waals surface area contributed by atoms with Crippen LogP contribution in [0.4, 0.5) is 0 Å². The fourth-order valence-electron chi connectivity index (χ4n) is 5.24. The molecular formula is C42H73NNaO10P. The Hall–Kier alpha value is -1.56. The molecule has 0 saturated carbocycles. The van der Waals surface area contributed by atoms with Gasteiger partial charge in [0.15, 0.2) is 6.10 Å². The maximum atomic E-state index is 12.6. The van der Waals surface area contributed by atoms with Crippen LogP contribution in [0, 0.1) is 0 Å². The van der Waals surface area contributed by atoms with Gasteiger partial charge in [0, 0.05) is 12.8 Å². The van der Waals surface area contributed by atoms with Crippen LogP contribution < -0.4 is 40.4 Å². The van der Waals surface area contributed by atoms with Gasteiger partial charge < -0.3 is 30.0 Å². The SMILES string of the molecule is CCCCC/C=C/C/C=C/CCCCCCCC(=O)OC[C@H](COP(=O)(O)OC[C@H](N)C(=O)[O-])OC(=O)CCCCCCC/C=C/C/C=C/CCCCC.[Na+]. The first-order chi connectivity index (χ1) is 26.1. The zero-order chi connectivity index (χ0) is 40.0. The van der Waals surface area contributed by atoms with Crippen LogP contribution in [0.3, 0.4) is 0 Å². The average Bonchev–Trinajstić information content (AvgIpc) is 3.14. The Morgan fingerprint density at radius 2 is 1.00 bits per heavy atom. The number of carboxylic acid groups (broad SMARTS) is 1.